The van der Waals surface area contributed by atoms with Crippen LogP contribution in [0.25, 0.3) is 0 Å². The summed E-state index contributed by atoms with van der Waals surface area (Å²) < 4.78 is 32.6. The molecule has 1 atom stereocenters. The maximum absolute atomic E-state index is 12.8. The highest BCUT2D eigenvalue weighted by atomic mass is 32.2. The summed E-state index contributed by atoms with van der Waals surface area (Å²) in [5.74, 6) is 2.25. The molecule has 8 nitrogen and oxygen atoms in total. The number of piperidine rings is 1. The maximum Gasteiger partial charge on any atom is 0.244 e. The zero-order valence-corrected chi connectivity index (χ0v) is 17.2. The van der Waals surface area contributed by atoms with E-state index < -0.39 is 10.0 Å². The molecule has 4 rings (SSSR count). The van der Waals surface area contributed by atoms with E-state index in [9.17, 15) is 8.42 Å². The van der Waals surface area contributed by atoms with Crippen LogP contribution >= 0.6 is 0 Å². The number of rotatable bonds is 5. The van der Waals surface area contributed by atoms with Gasteiger partial charge in [0.1, 0.15) is 10.7 Å². The number of nitrogens with zero attached hydrogens (tertiary/aromatic N) is 5. The van der Waals surface area contributed by atoms with Crippen molar-refractivity contribution in [2.45, 2.75) is 62.8 Å². The molecule has 0 amide bonds. The van der Waals surface area contributed by atoms with E-state index in [4.69, 9.17) is 4.52 Å². The third kappa shape index (κ3) is 3.65. The number of sulfonamides is 1. The number of hydrogen-bond donors (Lipinski definition) is 0. The van der Waals surface area contributed by atoms with Crippen molar-refractivity contribution in [2.75, 3.05) is 24.5 Å². The zero-order valence-electron chi connectivity index (χ0n) is 16.4. The van der Waals surface area contributed by atoms with Gasteiger partial charge in [0, 0.05) is 31.7 Å². The van der Waals surface area contributed by atoms with Gasteiger partial charge in [0.2, 0.25) is 15.9 Å². The molecule has 0 saturated carbocycles. The summed E-state index contributed by atoms with van der Waals surface area (Å²) in [6.45, 7) is 6.06. The summed E-state index contributed by atoms with van der Waals surface area (Å²) in [5.41, 5.74) is 0. The first kappa shape index (κ1) is 19.3. The highest BCUT2D eigenvalue weighted by molar-refractivity contribution is 7.89. The van der Waals surface area contributed by atoms with Crippen LogP contribution in [0.1, 0.15) is 69.6 Å². The Labute approximate surface area is 166 Å². The number of anilines is 1. The highest BCUT2D eigenvalue weighted by Gasteiger charge is 2.32. The fourth-order valence-corrected chi connectivity index (χ4v) is 5.34. The van der Waals surface area contributed by atoms with Crippen molar-refractivity contribution in [3.63, 3.8) is 0 Å². The molecule has 4 heterocycles. The second kappa shape index (κ2) is 7.79. The zero-order chi connectivity index (χ0) is 19.7. The third-order valence-corrected chi connectivity index (χ3v) is 7.35. The van der Waals surface area contributed by atoms with Gasteiger partial charge in [-0.3, -0.25) is 0 Å². The average Bonchev–Trinajstić information content (AvgIpc) is 3.38. The largest absolute Gasteiger partial charge is 0.346 e. The Morgan fingerprint density at radius 2 is 1.89 bits per heavy atom. The van der Waals surface area contributed by atoms with Gasteiger partial charge in [-0.05, 0) is 37.8 Å². The van der Waals surface area contributed by atoms with E-state index in [1.54, 1.807) is 16.4 Å². The van der Waals surface area contributed by atoms with E-state index in [0.717, 1.165) is 44.5 Å². The summed E-state index contributed by atoms with van der Waals surface area (Å²) in [6, 6.07) is 3.46. The smallest absolute Gasteiger partial charge is 0.244 e. The minimum Gasteiger partial charge on any atom is -0.346 e. The number of pyridine rings is 1. The Balaban J connectivity index is 1.54. The molecule has 2 aliphatic heterocycles. The second-order valence-corrected chi connectivity index (χ2v) is 9.75. The Kier molecular flexibility index (Phi) is 5.37. The second-order valence-electron chi connectivity index (χ2n) is 7.81. The van der Waals surface area contributed by atoms with Crippen molar-refractivity contribution < 1.29 is 12.9 Å². The molecule has 2 aliphatic rings. The van der Waals surface area contributed by atoms with Gasteiger partial charge in [0.25, 0.3) is 0 Å². The summed E-state index contributed by atoms with van der Waals surface area (Å²) in [7, 11) is -3.46. The summed E-state index contributed by atoms with van der Waals surface area (Å²) in [6.07, 6.45) is 6.34. The van der Waals surface area contributed by atoms with Crippen LogP contribution < -0.4 is 4.90 Å². The van der Waals surface area contributed by atoms with E-state index in [2.05, 4.69) is 20.0 Å². The van der Waals surface area contributed by atoms with Crippen LogP contribution in [0.5, 0.6) is 0 Å². The van der Waals surface area contributed by atoms with Gasteiger partial charge in [-0.25, -0.2) is 13.4 Å². The molecule has 28 heavy (non-hydrogen) atoms. The average molecular weight is 406 g/mol. The van der Waals surface area contributed by atoms with Crippen LogP contribution in [0.4, 0.5) is 5.82 Å². The van der Waals surface area contributed by atoms with E-state index in [-0.39, 0.29) is 16.9 Å². The van der Waals surface area contributed by atoms with Crippen molar-refractivity contribution in [2.24, 2.45) is 0 Å². The van der Waals surface area contributed by atoms with Crippen molar-refractivity contribution >= 4 is 15.8 Å². The van der Waals surface area contributed by atoms with Crippen LogP contribution in [0.2, 0.25) is 0 Å². The van der Waals surface area contributed by atoms with Crippen molar-refractivity contribution in [1.82, 2.24) is 19.4 Å². The monoisotopic (exact) mass is 405 g/mol. The first-order chi connectivity index (χ1) is 13.5. The minimum absolute atomic E-state index is 0.00769. The molecule has 9 heteroatoms. The van der Waals surface area contributed by atoms with E-state index in [1.807, 2.05) is 13.8 Å². The van der Waals surface area contributed by atoms with Gasteiger partial charge >= 0.3 is 0 Å². The van der Waals surface area contributed by atoms with Crippen LogP contribution in [-0.2, 0) is 10.0 Å². The fraction of sp³-hybridized carbons (Fsp3) is 0.632. The van der Waals surface area contributed by atoms with E-state index >= 15 is 0 Å². The SMILES string of the molecule is CC(C)c1nc(C2CCCN2c2ccc(S(=O)(=O)N3CCCCC3)cn2)no1. The molecule has 2 saturated heterocycles. The summed E-state index contributed by atoms with van der Waals surface area (Å²) in [5, 5.41) is 4.16. The Morgan fingerprint density at radius 1 is 1.11 bits per heavy atom. The lowest BCUT2D eigenvalue weighted by Crippen LogP contribution is -2.35. The molecule has 1 unspecified atom stereocenters. The molecular formula is C19H27N5O3S. The van der Waals surface area contributed by atoms with Crippen LogP contribution in [0.3, 0.4) is 0 Å². The van der Waals surface area contributed by atoms with Crippen molar-refractivity contribution in [1.29, 1.82) is 0 Å². The van der Waals surface area contributed by atoms with Crippen molar-refractivity contribution in [3.05, 3.63) is 30.0 Å². The molecular weight excluding hydrogens is 378 g/mol. The number of hydrogen-bond acceptors (Lipinski definition) is 7. The van der Waals surface area contributed by atoms with Gasteiger partial charge in [-0.15, -0.1) is 0 Å². The lowest BCUT2D eigenvalue weighted by atomic mass is 10.2. The lowest BCUT2D eigenvalue weighted by molar-refractivity contribution is 0.346. The summed E-state index contributed by atoms with van der Waals surface area (Å²) in [4.78, 5) is 11.4. The molecule has 0 aliphatic carbocycles. The molecule has 2 aromatic rings. The van der Waals surface area contributed by atoms with Crippen molar-refractivity contribution in [3.8, 4) is 0 Å². The standard InChI is InChI=1S/C19H27N5O3S/c1-14(2)19-21-18(22-27-19)16-7-6-12-24(16)17-9-8-15(13-20-17)28(25,26)23-10-4-3-5-11-23/h8-9,13-14,16H,3-7,10-12H2,1-2H3. The van der Waals surface area contributed by atoms with Gasteiger partial charge in [0.15, 0.2) is 5.82 Å². The van der Waals surface area contributed by atoms with Gasteiger partial charge in [0.05, 0.1) is 6.04 Å². The molecule has 0 N–H and O–H groups in total. The third-order valence-electron chi connectivity index (χ3n) is 5.47. The first-order valence-corrected chi connectivity index (χ1v) is 11.5. The maximum atomic E-state index is 12.8. The Bertz CT molecular complexity index is 904. The Hall–Kier alpha value is -2.00. The van der Waals surface area contributed by atoms with Crippen LogP contribution in [-0.4, -0.2) is 47.5 Å². The Morgan fingerprint density at radius 3 is 2.54 bits per heavy atom. The first-order valence-electron chi connectivity index (χ1n) is 10.0. The molecule has 0 aromatic carbocycles. The van der Waals surface area contributed by atoms with E-state index in [0.29, 0.717) is 24.8 Å². The topological polar surface area (TPSA) is 92.4 Å². The number of aromatic nitrogens is 3. The fourth-order valence-electron chi connectivity index (χ4n) is 3.88. The normalized spacial score (nSPS) is 21.5. The quantitative estimate of drug-likeness (QED) is 0.754. The minimum atomic E-state index is -3.46. The predicted octanol–water partition coefficient (Wildman–Crippen LogP) is 3.10. The molecule has 2 fully saturated rings. The van der Waals surface area contributed by atoms with E-state index in [1.165, 1.54) is 6.20 Å². The highest BCUT2D eigenvalue weighted by Crippen LogP contribution is 2.34. The lowest BCUT2D eigenvalue weighted by Gasteiger charge is -2.26. The predicted molar refractivity (Wildman–Crippen MR) is 105 cm³/mol. The van der Waals surface area contributed by atoms with Crippen LogP contribution in [0, 0.1) is 0 Å². The molecule has 0 radical (unpaired) electrons. The molecule has 0 bridgehead atoms. The molecule has 2 aromatic heterocycles. The summed E-state index contributed by atoms with van der Waals surface area (Å²) >= 11 is 0. The molecule has 152 valence electrons. The van der Waals surface area contributed by atoms with Crippen LogP contribution in [0.15, 0.2) is 27.7 Å². The van der Waals surface area contributed by atoms with Gasteiger partial charge in [-0.2, -0.15) is 9.29 Å². The molecule has 0 spiro atoms. The van der Waals surface area contributed by atoms with Gasteiger partial charge < -0.3 is 9.42 Å². The van der Waals surface area contributed by atoms with Gasteiger partial charge in [-0.1, -0.05) is 25.4 Å².